The first-order chi connectivity index (χ1) is 12.4. The Morgan fingerprint density at radius 1 is 1.19 bits per heavy atom. The zero-order valence-corrected chi connectivity index (χ0v) is 17.1. The normalized spacial score (nSPS) is 17.3. The summed E-state index contributed by atoms with van der Waals surface area (Å²) in [6.45, 7) is 9.04. The second kappa shape index (κ2) is 8.19. The van der Waals surface area contributed by atoms with Gasteiger partial charge in [0, 0.05) is 24.5 Å². The highest BCUT2D eigenvalue weighted by atomic mass is 32.2. The summed E-state index contributed by atoms with van der Waals surface area (Å²) in [6, 6.07) is 7.94. The minimum Gasteiger partial charge on any atom is -0.379 e. The van der Waals surface area contributed by atoms with Gasteiger partial charge in [0.2, 0.25) is 10.0 Å². The largest absolute Gasteiger partial charge is 0.379 e. The zero-order valence-electron chi connectivity index (χ0n) is 15.5. The molecule has 0 saturated carbocycles. The Morgan fingerprint density at radius 2 is 1.85 bits per heavy atom. The van der Waals surface area contributed by atoms with E-state index < -0.39 is 10.0 Å². The molecule has 0 unspecified atom stereocenters. The molecule has 0 amide bonds. The maximum absolute atomic E-state index is 13.0. The molecule has 1 atom stereocenters. The highest BCUT2D eigenvalue weighted by Gasteiger charge is 2.27. The molecule has 2 aromatic rings. The van der Waals surface area contributed by atoms with Gasteiger partial charge in [-0.15, -0.1) is 11.3 Å². The van der Waals surface area contributed by atoms with Crippen molar-refractivity contribution in [3.8, 4) is 0 Å². The molecule has 0 bridgehead atoms. The number of thiophene rings is 1. The second-order valence-electron chi connectivity index (χ2n) is 6.76. The van der Waals surface area contributed by atoms with Gasteiger partial charge in [-0.05, 0) is 43.3 Å². The van der Waals surface area contributed by atoms with Gasteiger partial charge in [-0.2, -0.15) is 0 Å². The second-order valence-corrected chi connectivity index (χ2v) is 9.44. The van der Waals surface area contributed by atoms with Crippen LogP contribution in [0.3, 0.4) is 0 Å². The Hall–Kier alpha value is -1.25. The number of nitrogens with zero attached hydrogens (tertiary/aromatic N) is 1. The number of rotatable bonds is 6. The topological polar surface area (TPSA) is 58.6 Å². The van der Waals surface area contributed by atoms with Crippen LogP contribution in [0.4, 0.5) is 0 Å². The quantitative estimate of drug-likeness (QED) is 0.818. The van der Waals surface area contributed by atoms with Gasteiger partial charge < -0.3 is 4.74 Å². The van der Waals surface area contributed by atoms with Crippen molar-refractivity contribution >= 4 is 21.4 Å². The molecule has 1 aliphatic heterocycles. The van der Waals surface area contributed by atoms with Crippen LogP contribution in [0.25, 0.3) is 0 Å². The van der Waals surface area contributed by atoms with Crippen LogP contribution in [0, 0.1) is 20.8 Å². The first-order valence-corrected chi connectivity index (χ1v) is 11.2. The Morgan fingerprint density at radius 3 is 2.42 bits per heavy atom. The average Bonchev–Trinajstić information content (AvgIpc) is 3.09. The minimum absolute atomic E-state index is 0.0275. The molecule has 1 saturated heterocycles. The summed E-state index contributed by atoms with van der Waals surface area (Å²) in [6.07, 6.45) is 0. The third kappa shape index (κ3) is 4.35. The molecule has 0 radical (unpaired) electrons. The smallest absolute Gasteiger partial charge is 0.241 e. The van der Waals surface area contributed by atoms with Crippen LogP contribution in [-0.4, -0.2) is 46.2 Å². The lowest BCUT2D eigenvalue weighted by Crippen LogP contribution is -2.43. The molecule has 1 aliphatic rings. The average molecular weight is 395 g/mol. The molecule has 2 heterocycles. The molecule has 1 aromatic heterocycles. The van der Waals surface area contributed by atoms with E-state index in [2.05, 4.69) is 15.7 Å². The van der Waals surface area contributed by atoms with E-state index in [1.165, 1.54) is 4.88 Å². The number of benzene rings is 1. The van der Waals surface area contributed by atoms with Crippen molar-refractivity contribution in [3.63, 3.8) is 0 Å². The van der Waals surface area contributed by atoms with Crippen molar-refractivity contribution in [1.29, 1.82) is 0 Å². The van der Waals surface area contributed by atoms with Crippen molar-refractivity contribution in [2.24, 2.45) is 0 Å². The molecule has 0 spiro atoms. The number of aryl methyl sites for hydroxylation is 3. The van der Waals surface area contributed by atoms with Crippen molar-refractivity contribution in [1.82, 2.24) is 9.62 Å². The summed E-state index contributed by atoms with van der Waals surface area (Å²) < 4.78 is 34.3. The van der Waals surface area contributed by atoms with Gasteiger partial charge in [0.05, 0.1) is 24.2 Å². The lowest BCUT2D eigenvalue weighted by molar-refractivity contribution is 0.0179. The number of hydrogen-bond donors (Lipinski definition) is 1. The fourth-order valence-electron chi connectivity index (χ4n) is 3.63. The highest BCUT2D eigenvalue weighted by molar-refractivity contribution is 7.89. The lowest BCUT2D eigenvalue weighted by Gasteiger charge is -2.34. The minimum atomic E-state index is -3.57. The summed E-state index contributed by atoms with van der Waals surface area (Å²) in [4.78, 5) is 3.87. The van der Waals surface area contributed by atoms with Crippen LogP contribution in [-0.2, 0) is 14.8 Å². The molecular weight excluding hydrogens is 368 g/mol. The number of hydrogen-bond acceptors (Lipinski definition) is 5. The fraction of sp³-hybridized carbons (Fsp3) is 0.474. The van der Waals surface area contributed by atoms with E-state index in [0.717, 1.165) is 29.8 Å². The lowest BCUT2D eigenvalue weighted by atomic mass is 10.1. The summed E-state index contributed by atoms with van der Waals surface area (Å²) in [5, 5.41) is 2.03. The summed E-state index contributed by atoms with van der Waals surface area (Å²) >= 11 is 1.66. The van der Waals surface area contributed by atoms with Crippen LogP contribution >= 0.6 is 11.3 Å². The maximum atomic E-state index is 13.0. The van der Waals surface area contributed by atoms with Gasteiger partial charge in [0.15, 0.2) is 0 Å². The zero-order chi connectivity index (χ0) is 18.7. The third-order valence-electron chi connectivity index (χ3n) is 4.70. The van der Waals surface area contributed by atoms with Crippen molar-refractivity contribution in [3.05, 3.63) is 51.2 Å². The SMILES string of the molecule is Cc1cc(C)c(S(=O)(=O)NC[C@@H](c2cccs2)N2CCOCC2)c(C)c1. The van der Waals surface area contributed by atoms with E-state index in [9.17, 15) is 8.42 Å². The molecule has 1 fully saturated rings. The predicted molar refractivity (Wildman–Crippen MR) is 105 cm³/mol. The molecule has 5 nitrogen and oxygen atoms in total. The molecule has 142 valence electrons. The number of morpholine rings is 1. The Balaban J connectivity index is 1.82. The van der Waals surface area contributed by atoms with E-state index in [-0.39, 0.29) is 6.04 Å². The Kier molecular flexibility index (Phi) is 6.14. The summed E-state index contributed by atoms with van der Waals surface area (Å²) in [5.41, 5.74) is 2.65. The van der Waals surface area contributed by atoms with Crippen molar-refractivity contribution < 1.29 is 13.2 Å². The van der Waals surface area contributed by atoms with E-state index >= 15 is 0 Å². The van der Waals surface area contributed by atoms with Gasteiger partial charge in [0.25, 0.3) is 0 Å². The molecule has 7 heteroatoms. The van der Waals surface area contributed by atoms with Gasteiger partial charge in [-0.25, -0.2) is 13.1 Å². The van der Waals surface area contributed by atoms with Crippen molar-refractivity contribution in [2.45, 2.75) is 31.7 Å². The van der Waals surface area contributed by atoms with Gasteiger partial charge in [-0.1, -0.05) is 23.8 Å². The summed E-state index contributed by atoms with van der Waals surface area (Å²) in [7, 11) is -3.57. The van der Waals surface area contributed by atoms with Crippen LogP contribution in [0.2, 0.25) is 0 Å². The Labute approximate surface area is 160 Å². The monoisotopic (exact) mass is 394 g/mol. The molecule has 1 aromatic carbocycles. The van der Waals surface area contributed by atoms with Crippen LogP contribution in [0.1, 0.15) is 27.6 Å². The van der Waals surface area contributed by atoms with Gasteiger partial charge >= 0.3 is 0 Å². The first kappa shape index (κ1) is 19.5. The van der Waals surface area contributed by atoms with Gasteiger partial charge in [0.1, 0.15) is 0 Å². The van der Waals surface area contributed by atoms with E-state index in [4.69, 9.17) is 4.74 Å². The van der Waals surface area contributed by atoms with Crippen molar-refractivity contribution in [2.75, 3.05) is 32.8 Å². The molecule has 1 N–H and O–H groups in total. The van der Waals surface area contributed by atoms with Crippen LogP contribution in [0.5, 0.6) is 0 Å². The van der Waals surface area contributed by atoms with Crippen LogP contribution < -0.4 is 4.72 Å². The first-order valence-electron chi connectivity index (χ1n) is 8.81. The fourth-order valence-corrected chi connectivity index (χ4v) is 5.98. The number of sulfonamides is 1. The molecule has 26 heavy (non-hydrogen) atoms. The van der Waals surface area contributed by atoms with Gasteiger partial charge in [-0.3, -0.25) is 4.90 Å². The molecule has 0 aliphatic carbocycles. The van der Waals surface area contributed by atoms with E-state index in [1.54, 1.807) is 11.3 Å². The predicted octanol–water partition coefficient (Wildman–Crippen LogP) is 3.03. The van der Waals surface area contributed by atoms with E-state index in [0.29, 0.717) is 24.7 Å². The third-order valence-corrected chi connectivity index (χ3v) is 7.40. The summed E-state index contributed by atoms with van der Waals surface area (Å²) in [5.74, 6) is 0. The standard InChI is InChI=1S/C19H26N2O3S2/c1-14-11-15(2)19(16(3)12-14)26(22,23)20-13-17(18-5-4-10-25-18)21-6-8-24-9-7-21/h4-5,10-12,17,20H,6-9,13H2,1-3H3/t17-/m0/s1. The van der Waals surface area contributed by atoms with Crippen LogP contribution in [0.15, 0.2) is 34.5 Å². The number of ether oxygens (including phenoxy) is 1. The van der Waals surface area contributed by atoms with E-state index in [1.807, 2.05) is 44.4 Å². The number of nitrogens with one attached hydrogen (secondary N) is 1. The maximum Gasteiger partial charge on any atom is 0.241 e. The Bertz CT molecular complexity index is 819. The highest BCUT2D eigenvalue weighted by Crippen LogP contribution is 2.27. The molecule has 3 rings (SSSR count). The molecular formula is C19H26N2O3S2.